The average molecular weight is 259 g/mol. The minimum absolute atomic E-state index is 0.118. The molecule has 0 saturated carbocycles. The van der Waals surface area contributed by atoms with Crippen LogP contribution in [-0.4, -0.2) is 9.97 Å². The van der Waals surface area contributed by atoms with Gasteiger partial charge in [0.15, 0.2) is 11.6 Å². The van der Waals surface area contributed by atoms with E-state index in [1.807, 2.05) is 0 Å². The summed E-state index contributed by atoms with van der Waals surface area (Å²) in [6, 6.07) is 5.29. The molecule has 0 atom stereocenters. The Morgan fingerprint density at radius 1 is 1.12 bits per heavy atom. The lowest BCUT2D eigenvalue weighted by Crippen LogP contribution is -1.86. The Bertz CT molecular complexity index is 522. The first-order chi connectivity index (χ1) is 7.65. The summed E-state index contributed by atoms with van der Waals surface area (Å²) in [7, 11) is 0. The first-order valence-corrected chi connectivity index (χ1v) is 5.46. The molecule has 0 unspecified atom stereocenters. The molecule has 1 aromatic carbocycles. The zero-order valence-electron chi connectivity index (χ0n) is 7.82. The Balaban J connectivity index is 2.24. The lowest BCUT2D eigenvalue weighted by atomic mass is 10.3. The number of benzene rings is 1. The third-order valence-electron chi connectivity index (χ3n) is 1.71. The Morgan fingerprint density at radius 3 is 2.62 bits per heavy atom. The molecule has 0 fully saturated rings. The van der Waals surface area contributed by atoms with E-state index in [2.05, 4.69) is 9.97 Å². The fourth-order valence-electron chi connectivity index (χ4n) is 1.04. The molecule has 0 saturated heterocycles. The zero-order valence-corrected chi connectivity index (χ0v) is 9.40. The molecule has 2 aromatic rings. The highest BCUT2D eigenvalue weighted by molar-refractivity contribution is 7.99. The van der Waals surface area contributed by atoms with Crippen molar-refractivity contribution < 1.29 is 8.78 Å². The molecule has 16 heavy (non-hydrogen) atoms. The van der Waals surface area contributed by atoms with E-state index >= 15 is 0 Å². The molecule has 2 nitrogen and oxygen atoms in total. The highest BCUT2D eigenvalue weighted by Gasteiger charge is 2.05. The van der Waals surface area contributed by atoms with Gasteiger partial charge in [0, 0.05) is 11.1 Å². The standard InChI is InChI=1S/C10H5ClF2N2S/c11-10-14-4-3-9(15-10)16-6-1-2-7(12)8(13)5-6/h1-5H. The van der Waals surface area contributed by atoms with E-state index < -0.39 is 11.6 Å². The Hall–Kier alpha value is -1.20. The van der Waals surface area contributed by atoms with Crippen molar-refractivity contribution in [1.29, 1.82) is 0 Å². The van der Waals surface area contributed by atoms with Gasteiger partial charge < -0.3 is 0 Å². The molecule has 0 radical (unpaired) electrons. The van der Waals surface area contributed by atoms with Crippen molar-refractivity contribution in [2.24, 2.45) is 0 Å². The van der Waals surface area contributed by atoms with Crippen LogP contribution in [0.4, 0.5) is 8.78 Å². The molecule has 0 bridgehead atoms. The van der Waals surface area contributed by atoms with Gasteiger partial charge in [0.25, 0.3) is 0 Å². The fraction of sp³-hybridized carbons (Fsp3) is 0. The van der Waals surface area contributed by atoms with Gasteiger partial charge in [0.1, 0.15) is 5.03 Å². The summed E-state index contributed by atoms with van der Waals surface area (Å²) >= 11 is 6.78. The molecule has 0 aliphatic rings. The SMILES string of the molecule is Fc1ccc(Sc2ccnc(Cl)n2)cc1F. The van der Waals surface area contributed by atoms with E-state index in [0.717, 1.165) is 12.1 Å². The number of hydrogen-bond donors (Lipinski definition) is 0. The van der Waals surface area contributed by atoms with E-state index in [-0.39, 0.29) is 5.28 Å². The maximum Gasteiger partial charge on any atom is 0.223 e. The van der Waals surface area contributed by atoms with Crippen molar-refractivity contribution in [3.05, 3.63) is 47.4 Å². The van der Waals surface area contributed by atoms with Crippen molar-refractivity contribution in [3.8, 4) is 0 Å². The molecule has 0 amide bonds. The van der Waals surface area contributed by atoms with Crippen LogP contribution in [0.1, 0.15) is 0 Å². The molecular weight excluding hydrogens is 254 g/mol. The van der Waals surface area contributed by atoms with Gasteiger partial charge >= 0.3 is 0 Å². The second kappa shape index (κ2) is 4.76. The molecule has 1 heterocycles. The van der Waals surface area contributed by atoms with Crippen LogP contribution in [0.5, 0.6) is 0 Å². The zero-order chi connectivity index (χ0) is 11.5. The highest BCUT2D eigenvalue weighted by Crippen LogP contribution is 2.27. The number of nitrogens with zero attached hydrogens (tertiary/aromatic N) is 2. The molecule has 0 spiro atoms. The van der Waals surface area contributed by atoms with E-state index in [4.69, 9.17) is 11.6 Å². The van der Waals surface area contributed by atoms with E-state index in [1.54, 1.807) is 6.07 Å². The summed E-state index contributed by atoms with van der Waals surface area (Å²) in [6.45, 7) is 0. The molecule has 0 N–H and O–H groups in total. The monoisotopic (exact) mass is 258 g/mol. The van der Waals surface area contributed by atoms with Gasteiger partial charge in [-0.25, -0.2) is 18.7 Å². The molecular formula is C10H5ClF2N2S. The van der Waals surface area contributed by atoms with Gasteiger partial charge in [-0.05, 0) is 35.9 Å². The minimum Gasteiger partial charge on any atom is -0.226 e. The number of hydrogen-bond acceptors (Lipinski definition) is 3. The van der Waals surface area contributed by atoms with Crippen molar-refractivity contribution >= 4 is 23.4 Å². The highest BCUT2D eigenvalue weighted by atomic mass is 35.5. The van der Waals surface area contributed by atoms with Crippen LogP contribution < -0.4 is 0 Å². The predicted octanol–water partition coefficient (Wildman–Crippen LogP) is 3.56. The van der Waals surface area contributed by atoms with Crippen LogP contribution in [0, 0.1) is 11.6 Å². The Morgan fingerprint density at radius 2 is 1.94 bits per heavy atom. The Kier molecular flexibility index (Phi) is 3.36. The Labute approximate surface area is 99.7 Å². The average Bonchev–Trinajstić information content (AvgIpc) is 2.24. The summed E-state index contributed by atoms with van der Waals surface area (Å²) < 4.78 is 25.6. The second-order valence-electron chi connectivity index (χ2n) is 2.84. The van der Waals surface area contributed by atoms with Gasteiger partial charge in [0.2, 0.25) is 5.28 Å². The van der Waals surface area contributed by atoms with Crippen LogP contribution in [0.2, 0.25) is 5.28 Å². The van der Waals surface area contributed by atoms with E-state index in [0.29, 0.717) is 9.92 Å². The molecule has 0 aliphatic heterocycles. The van der Waals surface area contributed by atoms with Crippen molar-refractivity contribution in [1.82, 2.24) is 9.97 Å². The quantitative estimate of drug-likeness (QED) is 0.608. The molecule has 0 aliphatic carbocycles. The van der Waals surface area contributed by atoms with Crippen LogP contribution in [0.15, 0.2) is 40.4 Å². The van der Waals surface area contributed by atoms with Crippen LogP contribution in [0.25, 0.3) is 0 Å². The largest absolute Gasteiger partial charge is 0.226 e. The number of halogens is 3. The fourth-order valence-corrected chi connectivity index (χ4v) is 2.04. The van der Waals surface area contributed by atoms with Crippen LogP contribution in [-0.2, 0) is 0 Å². The number of aromatic nitrogens is 2. The lowest BCUT2D eigenvalue weighted by molar-refractivity contribution is 0.506. The molecule has 6 heteroatoms. The van der Waals surface area contributed by atoms with Crippen LogP contribution >= 0.6 is 23.4 Å². The van der Waals surface area contributed by atoms with Gasteiger partial charge in [0.05, 0.1) is 0 Å². The van der Waals surface area contributed by atoms with Gasteiger partial charge in [-0.15, -0.1) is 0 Å². The summed E-state index contributed by atoms with van der Waals surface area (Å²) in [4.78, 5) is 8.19. The third-order valence-corrected chi connectivity index (χ3v) is 2.82. The predicted molar refractivity (Wildman–Crippen MR) is 57.5 cm³/mol. The van der Waals surface area contributed by atoms with Gasteiger partial charge in [-0.2, -0.15) is 0 Å². The van der Waals surface area contributed by atoms with Gasteiger partial charge in [-0.3, -0.25) is 0 Å². The number of rotatable bonds is 2. The first kappa shape index (κ1) is 11.3. The summed E-state index contributed by atoms with van der Waals surface area (Å²) in [5.41, 5.74) is 0. The maximum absolute atomic E-state index is 12.9. The topological polar surface area (TPSA) is 25.8 Å². The summed E-state index contributed by atoms with van der Waals surface area (Å²) in [5, 5.41) is 0.693. The summed E-state index contributed by atoms with van der Waals surface area (Å²) in [5.74, 6) is -1.75. The van der Waals surface area contributed by atoms with Gasteiger partial charge in [-0.1, -0.05) is 11.8 Å². The third kappa shape index (κ3) is 2.68. The van der Waals surface area contributed by atoms with Crippen molar-refractivity contribution in [2.45, 2.75) is 9.92 Å². The van der Waals surface area contributed by atoms with E-state index in [1.165, 1.54) is 24.0 Å². The normalized spacial score (nSPS) is 10.4. The second-order valence-corrected chi connectivity index (χ2v) is 4.27. The smallest absolute Gasteiger partial charge is 0.223 e. The van der Waals surface area contributed by atoms with Crippen molar-refractivity contribution in [3.63, 3.8) is 0 Å². The van der Waals surface area contributed by atoms with E-state index in [9.17, 15) is 8.78 Å². The molecule has 2 rings (SSSR count). The summed E-state index contributed by atoms with van der Waals surface area (Å²) in [6.07, 6.45) is 1.50. The maximum atomic E-state index is 12.9. The first-order valence-electron chi connectivity index (χ1n) is 4.26. The molecule has 1 aromatic heterocycles. The van der Waals surface area contributed by atoms with Crippen LogP contribution in [0.3, 0.4) is 0 Å². The minimum atomic E-state index is -0.884. The lowest BCUT2D eigenvalue weighted by Gasteiger charge is -2.01. The molecule has 82 valence electrons. The van der Waals surface area contributed by atoms with Crippen molar-refractivity contribution in [2.75, 3.05) is 0 Å².